The normalized spacial score (nSPS) is 14.4. The van der Waals surface area contributed by atoms with Crippen LogP contribution in [0, 0.1) is 17.8 Å². The molecule has 0 amide bonds. The molecule has 546 valence electrons. The molecule has 0 fully saturated rings. The first kappa shape index (κ1) is 90.1. The lowest BCUT2D eigenvalue weighted by Crippen LogP contribution is -2.30. The molecule has 0 aromatic heterocycles. The number of rotatable bonds is 71. The summed E-state index contributed by atoms with van der Waals surface area (Å²) in [5.41, 5.74) is 0. The van der Waals surface area contributed by atoms with Crippen molar-refractivity contribution in [3.8, 4) is 0 Å². The zero-order valence-electron chi connectivity index (χ0n) is 60.0. The van der Waals surface area contributed by atoms with E-state index in [2.05, 4.69) is 48.5 Å². The number of hydrogen-bond acceptors (Lipinski definition) is 15. The zero-order chi connectivity index (χ0) is 68.0. The Bertz CT molecular complexity index is 1800. The summed E-state index contributed by atoms with van der Waals surface area (Å²) in [6, 6.07) is 0. The topological polar surface area (TPSA) is 237 Å². The van der Waals surface area contributed by atoms with Crippen molar-refractivity contribution in [1.82, 2.24) is 0 Å². The molecule has 0 aromatic carbocycles. The van der Waals surface area contributed by atoms with E-state index in [1.165, 1.54) is 180 Å². The smallest absolute Gasteiger partial charge is 0.462 e. The Hall–Kier alpha value is -1.94. The number of esters is 4. The molecule has 0 heterocycles. The van der Waals surface area contributed by atoms with Gasteiger partial charge >= 0.3 is 39.5 Å². The highest BCUT2D eigenvalue weighted by Crippen LogP contribution is 2.45. The first-order valence-corrected chi connectivity index (χ1v) is 40.9. The van der Waals surface area contributed by atoms with Crippen molar-refractivity contribution in [2.24, 2.45) is 17.8 Å². The molecule has 0 rings (SSSR count). The molecule has 0 saturated heterocycles. The molecular formula is C73H142O17P2. The van der Waals surface area contributed by atoms with Gasteiger partial charge < -0.3 is 33.8 Å². The van der Waals surface area contributed by atoms with E-state index < -0.39 is 97.5 Å². The summed E-state index contributed by atoms with van der Waals surface area (Å²) < 4.78 is 68.3. The molecule has 0 bridgehead atoms. The number of carbonyl (C=O) groups excluding carboxylic acids is 4. The van der Waals surface area contributed by atoms with Gasteiger partial charge in [-0.3, -0.25) is 37.3 Å². The Labute approximate surface area is 562 Å². The average Bonchev–Trinajstić information content (AvgIpc) is 3.15. The van der Waals surface area contributed by atoms with E-state index in [0.29, 0.717) is 25.7 Å². The zero-order valence-corrected chi connectivity index (χ0v) is 61.8. The van der Waals surface area contributed by atoms with Crippen molar-refractivity contribution in [2.75, 3.05) is 39.6 Å². The fraction of sp³-hybridized carbons (Fsp3) is 0.945. The molecule has 3 unspecified atom stereocenters. The largest absolute Gasteiger partial charge is 0.472 e. The molecule has 0 aliphatic rings. The van der Waals surface area contributed by atoms with Crippen LogP contribution in [-0.2, 0) is 65.4 Å². The van der Waals surface area contributed by atoms with Crippen LogP contribution in [0.3, 0.4) is 0 Å². The van der Waals surface area contributed by atoms with E-state index in [9.17, 15) is 43.2 Å². The van der Waals surface area contributed by atoms with E-state index in [4.69, 9.17) is 37.0 Å². The second kappa shape index (κ2) is 63.8. The van der Waals surface area contributed by atoms with Crippen LogP contribution in [0.5, 0.6) is 0 Å². The lowest BCUT2D eigenvalue weighted by molar-refractivity contribution is -0.161. The monoisotopic (exact) mass is 1350 g/mol. The fourth-order valence-corrected chi connectivity index (χ4v) is 12.6. The molecule has 17 nitrogen and oxygen atoms in total. The predicted octanol–water partition coefficient (Wildman–Crippen LogP) is 21.0. The third kappa shape index (κ3) is 65.4. The first-order chi connectivity index (χ1) is 44.3. The Morgan fingerprint density at radius 3 is 0.826 bits per heavy atom. The Morgan fingerprint density at radius 1 is 0.315 bits per heavy atom. The third-order valence-electron chi connectivity index (χ3n) is 17.2. The van der Waals surface area contributed by atoms with Gasteiger partial charge in [0.05, 0.1) is 26.4 Å². The Balaban J connectivity index is 5.17. The van der Waals surface area contributed by atoms with Gasteiger partial charge in [0.25, 0.3) is 0 Å². The van der Waals surface area contributed by atoms with E-state index in [1.807, 2.05) is 0 Å². The molecule has 3 N–H and O–H groups in total. The molecule has 0 saturated carbocycles. The number of phosphoric ester groups is 2. The molecular weight excluding hydrogens is 1210 g/mol. The molecule has 0 radical (unpaired) electrons. The maximum atomic E-state index is 13.0. The number of hydrogen-bond donors (Lipinski definition) is 3. The first-order valence-electron chi connectivity index (χ1n) is 37.9. The number of ether oxygens (including phenoxy) is 4. The van der Waals surface area contributed by atoms with Crippen LogP contribution in [0.4, 0.5) is 0 Å². The fourth-order valence-electron chi connectivity index (χ4n) is 11.0. The Morgan fingerprint density at radius 2 is 0.554 bits per heavy atom. The number of unbranched alkanes of at least 4 members (excludes halogenated alkanes) is 38. The van der Waals surface area contributed by atoms with Crippen molar-refractivity contribution in [3.05, 3.63) is 0 Å². The highest BCUT2D eigenvalue weighted by molar-refractivity contribution is 7.47. The number of aliphatic hydroxyl groups excluding tert-OH is 1. The minimum atomic E-state index is -4.95. The van der Waals surface area contributed by atoms with Gasteiger partial charge in [-0.25, -0.2) is 9.13 Å². The summed E-state index contributed by atoms with van der Waals surface area (Å²) >= 11 is 0. The van der Waals surface area contributed by atoms with Crippen molar-refractivity contribution < 1.29 is 80.2 Å². The molecule has 6 atom stereocenters. The maximum Gasteiger partial charge on any atom is 0.472 e. The predicted molar refractivity (Wildman–Crippen MR) is 372 cm³/mol. The quantitative estimate of drug-likeness (QED) is 0.0222. The van der Waals surface area contributed by atoms with Gasteiger partial charge in [0, 0.05) is 25.7 Å². The van der Waals surface area contributed by atoms with E-state index in [-0.39, 0.29) is 25.7 Å². The molecule has 0 aliphatic carbocycles. The summed E-state index contributed by atoms with van der Waals surface area (Å²) in [7, 11) is -9.90. The summed E-state index contributed by atoms with van der Waals surface area (Å²) in [4.78, 5) is 72.5. The van der Waals surface area contributed by atoms with Crippen molar-refractivity contribution >= 4 is 39.5 Å². The average molecular weight is 1350 g/mol. The van der Waals surface area contributed by atoms with Gasteiger partial charge in [0.15, 0.2) is 12.2 Å². The molecule has 19 heteroatoms. The van der Waals surface area contributed by atoms with Gasteiger partial charge in [-0.15, -0.1) is 0 Å². The molecule has 92 heavy (non-hydrogen) atoms. The SMILES string of the molecule is CCCCCCCCCCCC(=O)OC[C@H](COP(=O)(O)OC[C@H](O)COP(=O)(O)OC[C@@H](COC(=O)CCCCCCCCCCCC(C)C)OC(=O)CCCCCCCCCCCCCCCCCCCCC(C)C)OC(=O)CCCCCCCCC(C)CC. The number of carbonyl (C=O) groups is 4. The minimum Gasteiger partial charge on any atom is -0.462 e. The van der Waals surface area contributed by atoms with Crippen LogP contribution in [0.25, 0.3) is 0 Å². The summed E-state index contributed by atoms with van der Waals surface area (Å²) in [5, 5.41) is 10.6. The highest BCUT2D eigenvalue weighted by Gasteiger charge is 2.30. The van der Waals surface area contributed by atoms with Crippen molar-refractivity contribution in [3.63, 3.8) is 0 Å². The highest BCUT2D eigenvalue weighted by atomic mass is 31.2. The van der Waals surface area contributed by atoms with Crippen LogP contribution >= 0.6 is 15.6 Å². The molecule has 0 aromatic rings. The lowest BCUT2D eigenvalue weighted by atomic mass is 10.00. The maximum absolute atomic E-state index is 13.0. The van der Waals surface area contributed by atoms with Crippen LogP contribution < -0.4 is 0 Å². The van der Waals surface area contributed by atoms with E-state index in [1.54, 1.807) is 0 Å². The van der Waals surface area contributed by atoms with Gasteiger partial charge in [-0.05, 0) is 43.4 Å². The summed E-state index contributed by atoms with van der Waals surface area (Å²) in [6.45, 7) is 11.8. The molecule has 0 aliphatic heterocycles. The second-order valence-electron chi connectivity index (χ2n) is 27.5. The number of aliphatic hydroxyl groups is 1. The minimum absolute atomic E-state index is 0.103. The second-order valence-corrected chi connectivity index (χ2v) is 30.4. The third-order valence-corrected chi connectivity index (χ3v) is 19.1. The van der Waals surface area contributed by atoms with Gasteiger partial charge in [0.1, 0.15) is 19.3 Å². The summed E-state index contributed by atoms with van der Waals surface area (Å²) in [6.07, 6.45) is 48.8. The lowest BCUT2D eigenvalue weighted by Gasteiger charge is -2.21. The standard InChI is InChI=1S/C73H142O17P2/c1-8-10-11-12-13-25-32-40-47-54-70(75)83-61-69(90-73(78)57-50-43-36-35-39-46-53-66(7)9-2)63-88-92(81,82)86-59-67(74)58-85-91(79,80)87-62-68(60-84-71(76)55-48-41-33-29-24-27-31-38-45-52-65(5)6)89-72(77)56-49-42-34-28-23-21-19-17-15-14-16-18-20-22-26-30-37-44-51-64(3)4/h64-69,74H,8-63H2,1-7H3,(H,79,80)(H,81,82)/t66?,67-,68-,69-/m1/s1. The summed E-state index contributed by atoms with van der Waals surface area (Å²) in [5.74, 6) is 0.157. The van der Waals surface area contributed by atoms with Crippen LogP contribution in [-0.4, -0.2) is 96.7 Å². The number of phosphoric acid groups is 2. The van der Waals surface area contributed by atoms with Crippen molar-refractivity contribution in [2.45, 2.75) is 388 Å². The Kier molecular flexibility index (Phi) is 62.4. The van der Waals surface area contributed by atoms with Crippen LogP contribution in [0.2, 0.25) is 0 Å². The van der Waals surface area contributed by atoms with E-state index in [0.717, 1.165) is 108 Å². The van der Waals surface area contributed by atoms with Crippen LogP contribution in [0.1, 0.15) is 370 Å². The van der Waals surface area contributed by atoms with Gasteiger partial charge in [0.2, 0.25) is 0 Å². The van der Waals surface area contributed by atoms with E-state index >= 15 is 0 Å². The van der Waals surface area contributed by atoms with Crippen LogP contribution in [0.15, 0.2) is 0 Å². The molecule has 0 spiro atoms. The van der Waals surface area contributed by atoms with Gasteiger partial charge in [-0.2, -0.15) is 0 Å². The van der Waals surface area contributed by atoms with Gasteiger partial charge in [-0.1, -0.05) is 318 Å². The van der Waals surface area contributed by atoms with Crippen molar-refractivity contribution in [1.29, 1.82) is 0 Å².